The number of anilines is 1. The highest BCUT2D eigenvalue weighted by Crippen LogP contribution is 2.55. The van der Waals surface area contributed by atoms with Gasteiger partial charge in [-0.05, 0) is 55.7 Å². The number of carbonyl (C=O) groups is 1. The van der Waals surface area contributed by atoms with Crippen molar-refractivity contribution in [3.05, 3.63) is 57.5 Å². The first-order valence-corrected chi connectivity index (χ1v) is 11.0. The zero-order valence-corrected chi connectivity index (χ0v) is 18.9. The van der Waals surface area contributed by atoms with Crippen molar-refractivity contribution < 1.29 is 14.3 Å². The molecule has 2 saturated carbocycles. The monoisotopic (exact) mass is 479 g/mol. The fourth-order valence-corrected chi connectivity index (χ4v) is 5.55. The molecule has 0 bridgehead atoms. The molecule has 2 unspecified atom stereocenters. The molecule has 7 nitrogen and oxygen atoms in total. The molecule has 1 heterocycles. The Hall–Kier alpha value is -2.42. The minimum atomic E-state index is -1.21. The van der Waals surface area contributed by atoms with Gasteiger partial charge < -0.3 is 26.1 Å². The normalized spacial score (nSPS) is 27.7. The molecule has 2 aromatic rings. The van der Waals surface area contributed by atoms with E-state index in [2.05, 4.69) is 10.3 Å². The summed E-state index contributed by atoms with van der Waals surface area (Å²) in [7, 11) is 1.75. The Balaban J connectivity index is 1.51. The number of carbonyl (C=O) groups excluding carboxylic acids is 1. The van der Waals surface area contributed by atoms with E-state index in [0.29, 0.717) is 29.9 Å². The summed E-state index contributed by atoms with van der Waals surface area (Å²) in [5.41, 5.74) is 6.51. The van der Waals surface area contributed by atoms with E-state index in [4.69, 9.17) is 34.3 Å². The summed E-state index contributed by atoms with van der Waals surface area (Å²) < 4.78 is 15.1. The van der Waals surface area contributed by atoms with Gasteiger partial charge in [-0.1, -0.05) is 23.2 Å². The molecule has 4 rings (SSSR count). The number of halogens is 3. The van der Waals surface area contributed by atoms with E-state index < -0.39 is 11.4 Å². The lowest BCUT2D eigenvalue weighted by Crippen LogP contribution is -2.34. The molecule has 2 atom stereocenters. The van der Waals surface area contributed by atoms with Crippen LogP contribution in [-0.4, -0.2) is 32.4 Å². The van der Waals surface area contributed by atoms with Gasteiger partial charge in [0, 0.05) is 24.9 Å². The third-order valence-electron chi connectivity index (χ3n) is 6.67. The predicted molar refractivity (Wildman–Crippen MR) is 122 cm³/mol. The maximum absolute atomic E-state index is 13.4. The van der Waals surface area contributed by atoms with E-state index in [1.165, 1.54) is 18.2 Å². The number of aliphatic hydroxyl groups is 1. The average Bonchev–Trinajstić information content (AvgIpc) is 3.40. The van der Waals surface area contributed by atoms with Gasteiger partial charge in [0.1, 0.15) is 17.1 Å². The van der Waals surface area contributed by atoms with Gasteiger partial charge in [0.15, 0.2) is 0 Å². The smallest absolute Gasteiger partial charge is 0.274 e. The van der Waals surface area contributed by atoms with Crippen LogP contribution in [0.25, 0.3) is 0 Å². The second-order valence-corrected chi connectivity index (χ2v) is 9.52. The number of fused-ring (bicyclic) bond motifs is 1. The number of rotatable bonds is 5. The second kappa shape index (κ2) is 8.50. The summed E-state index contributed by atoms with van der Waals surface area (Å²) in [5.74, 6) is -0.404. The number of benzene rings is 1. The Morgan fingerprint density at radius 2 is 2.06 bits per heavy atom. The minimum Gasteiger partial charge on any atom is -0.398 e. The lowest BCUT2D eigenvalue weighted by Gasteiger charge is -2.26. The van der Waals surface area contributed by atoms with Gasteiger partial charge >= 0.3 is 0 Å². The van der Waals surface area contributed by atoms with Gasteiger partial charge in [0.2, 0.25) is 0 Å². The number of aromatic nitrogens is 2. The average molecular weight is 480 g/mol. The molecule has 1 amide bonds. The van der Waals surface area contributed by atoms with Crippen LogP contribution in [0.1, 0.15) is 47.8 Å². The van der Waals surface area contributed by atoms with Gasteiger partial charge in [0.05, 0.1) is 27.8 Å². The lowest BCUT2D eigenvalue weighted by molar-refractivity contribution is 0.0740. The van der Waals surface area contributed by atoms with Gasteiger partial charge in [0.25, 0.3) is 5.91 Å². The fourth-order valence-electron chi connectivity index (χ4n) is 5.19. The van der Waals surface area contributed by atoms with Crippen LogP contribution in [0.3, 0.4) is 0 Å². The van der Waals surface area contributed by atoms with Gasteiger partial charge in [-0.2, -0.15) is 0 Å². The summed E-state index contributed by atoms with van der Waals surface area (Å²) in [5, 5.41) is 21.0. The van der Waals surface area contributed by atoms with Crippen LogP contribution in [0, 0.1) is 23.1 Å². The highest BCUT2D eigenvalue weighted by Gasteiger charge is 2.51. The minimum absolute atomic E-state index is 0.0635. The highest BCUT2D eigenvalue weighted by molar-refractivity contribution is 6.39. The first-order chi connectivity index (χ1) is 15.1. The van der Waals surface area contributed by atoms with Crippen molar-refractivity contribution in [3.63, 3.8) is 0 Å². The van der Waals surface area contributed by atoms with Crippen LogP contribution >= 0.6 is 23.2 Å². The van der Waals surface area contributed by atoms with E-state index in [-0.39, 0.29) is 39.4 Å². The summed E-state index contributed by atoms with van der Waals surface area (Å²) in [6, 6.07) is 4.02. The van der Waals surface area contributed by atoms with E-state index in [1.54, 1.807) is 17.9 Å². The topological polar surface area (TPSA) is 117 Å². The van der Waals surface area contributed by atoms with Crippen LogP contribution in [0.4, 0.5) is 10.1 Å². The maximum Gasteiger partial charge on any atom is 0.274 e. The Labute approximate surface area is 194 Å². The summed E-state index contributed by atoms with van der Waals surface area (Å²) in [4.78, 5) is 17.5. The van der Waals surface area contributed by atoms with E-state index in [0.717, 1.165) is 19.1 Å². The van der Waals surface area contributed by atoms with Gasteiger partial charge in [-0.25, -0.2) is 9.37 Å². The Bertz CT molecular complexity index is 1100. The summed E-state index contributed by atoms with van der Waals surface area (Å²) in [6.07, 6.45) is 5.01. The number of hydrogen-bond acceptors (Lipinski definition) is 5. The van der Waals surface area contributed by atoms with Crippen molar-refractivity contribution in [1.82, 2.24) is 9.55 Å². The number of nitrogens with zero attached hydrogens (tertiary/aromatic N) is 2. The molecule has 0 aliphatic heterocycles. The first kappa shape index (κ1) is 22.8. The van der Waals surface area contributed by atoms with Crippen molar-refractivity contribution in [2.24, 2.45) is 24.6 Å². The molecule has 5 N–H and O–H groups in total. The summed E-state index contributed by atoms with van der Waals surface area (Å²) in [6.45, 7) is 0. The standard InChI is InChI=1S/C22H24Cl2FN5O2/c1-30-10-28-18(19(30)21(31)29-14-2-3-17(25)15(23)6-14)11-4-12-7-22(32,8-13(12)5-11)20(27)16(24)9-26/h2-3,6,9-13,26,32H,4-5,7-8,27H2,1H3,(H,29,31)/b20-16+,26-9?. The second-order valence-electron chi connectivity index (χ2n) is 8.71. The van der Waals surface area contributed by atoms with Crippen LogP contribution < -0.4 is 11.1 Å². The highest BCUT2D eigenvalue weighted by atomic mass is 35.5. The van der Waals surface area contributed by atoms with Crippen LogP contribution in [-0.2, 0) is 7.05 Å². The summed E-state index contributed by atoms with van der Waals surface area (Å²) >= 11 is 11.8. The van der Waals surface area contributed by atoms with Crippen molar-refractivity contribution in [2.45, 2.75) is 37.2 Å². The number of amides is 1. The molecule has 0 saturated heterocycles. The lowest BCUT2D eigenvalue weighted by atomic mass is 9.90. The molecule has 1 aromatic carbocycles. The molecule has 10 heteroatoms. The van der Waals surface area contributed by atoms with Gasteiger partial charge in [-0.3, -0.25) is 4.79 Å². The molecule has 1 aromatic heterocycles. The Morgan fingerprint density at radius 3 is 2.66 bits per heavy atom. The third kappa shape index (κ3) is 4.02. The third-order valence-corrected chi connectivity index (χ3v) is 7.27. The van der Waals surface area contributed by atoms with E-state index >= 15 is 0 Å². The molecular formula is C22H24Cl2FN5O2. The van der Waals surface area contributed by atoms with Crippen molar-refractivity contribution in [3.8, 4) is 0 Å². The SMILES string of the molecule is Cn1cnc(C2CC3CC(O)(/C(N)=C(\Cl)C=N)CC3C2)c1C(=O)Nc1ccc(F)c(Cl)c1. The molecular weight excluding hydrogens is 456 g/mol. The Morgan fingerprint density at radius 1 is 1.41 bits per heavy atom. The van der Waals surface area contributed by atoms with E-state index in [1.807, 2.05) is 0 Å². The molecule has 170 valence electrons. The Kier molecular flexibility index (Phi) is 6.04. The number of nitrogens with one attached hydrogen (secondary N) is 2. The van der Waals surface area contributed by atoms with Crippen LogP contribution in [0.2, 0.25) is 5.02 Å². The quantitative estimate of drug-likeness (QED) is 0.481. The van der Waals surface area contributed by atoms with Crippen LogP contribution in [0.5, 0.6) is 0 Å². The van der Waals surface area contributed by atoms with Crippen molar-refractivity contribution in [1.29, 1.82) is 5.41 Å². The molecule has 0 spiro atoms. The maximum atomic E-state index is 13.4. The van der Waals surface area contributed by atoms with Crippen molar-refractivity contribution >= 4 is 41.0 Å². The predicted octanol–water partition coefficient (Wildman–Crippen LogP) is 4.16. The molecule has 2 aliphatic carbocycles. The van der Waals surface area contributed by atoms with Crippen molar-refractivity contribution in [2.75, 3.05) is 5.32 Å². The molecule has 2 aliphatic rings. The molecule has 32 heavy (non-hydrogen) atoms. The van der Waals surface area contributed by atoms with E-state index in [9.17, 15) is 14.3 Å². The number of imidazole rings is 1. The fraction of sp³-hybridized carbons (Fsp3) is 0.409. The van der Waals surface area contributed by atoms with Gasteiger partial charge in [-0.15, -0.1) is 0 Å². The zero-order valence-electron chi connectivity index (χ0n) is 17.4. The zero-order chi connectivity index (χ0) is 23.2. The number of nitrogens with two attached hydrogens (primary N) is 1. The number of allylic oxidation sites excluding steroid dienone is 1. The van der Waals surface area contributed by atoms with Crippen LogP contribution in [0.15, 0.2) is 35.3 Å². The molecule has 2 fully saturated rings. The number of aryl methyl sites for hydroxylation is 1. The molecule has 0 radical (unpaired) electrons. The number of hydrogen-bond donors (Lipinski definition) is 4. The first-order valence-electron chi connectivity index (χ1n) is 10.3. The largest absolute Gasteiger partial charge is 0.398 e.